The number of hydrogen-bond acceptors (Lipinski definition) is 6. The molecule has 0 unspecified atom stereocenters. The molecule has 0 saturated carbocycles. The highest BCUT2D eigenvalue weighted by Crippen LogP contribution is 2.27. The molecule has 0 aliphatic rings. The Kier molecular flexibility index (Phi) is 5.47. The van der Waals surface area contributed by atoms with Crippen LogP contribution in [0.5, 0.6) is 11.5 Å². The van der Waals surface area contributed by atoms with Crippen molar-refractivity contribution in [3.63, 3.8) is 0 Å². The van der Waals surface area contributed by atoms with E-state index in [0.717, 1.165) is 11.3 Å². The van der Waals surface area contributed by atoms with Crippen LogP contribution in [-0.4, -0.2) is 28.5 Å². The molecular formula is C13H13ClN2O5S2. The van der Waals surface area contributed by atoms with E-state index >= 15 is 0 Å². The van der Waals surface area contributed by atoms with Crippen molar-refractivity contribution in [3.8, 4) is 11.5 Å². The number of halogens is 1. The van der Waals surface area contributed by atoms with Gasteiger partial charge in [0, 0.05) is 5.56 Å². The fraction of sp³-hybridized carbons (Fsp3) is 0.154. The summed E-state index contributed by atoms with van der Waals surface area (Å²) in [5, 5.41) is 0. The summed E-state index contributed by atoms with van der Waals surface area (Å²) in [4.78, 5) is 14.0. The van der Waals surface area contributed by atoms with Crippen LogP contribution in [0.15, 0.2) is 34.5 Å². The molecule has 7 nitrogen and oxygen atoms in total. The van der Waals surface area contributed by atoms with Crippen LogP contribution >= 0.6 is 22.9 Å². The number of thiophene rings is 1. The van der Waals surface area contributed by atoms with Crippen molar-refractivity contribution in [2.75, 3.05) is 14.2 Å². The second kappa shape index (κ2) is 7.18. The molecule has 124 valence electrons. The van der Waals surface area contributed by atoms with E-state index in [4.69, 9.17) is 21.1 Å². The Labute approximate surface area is 142 Å². The number of nitrogens with one attached hydrogen (secondary N) is 2. The van der Waals surface area contributed by atoms with Crippen LogP contribution in [0.4, 0.5) is 0 Å². The number of ether oxygens (including phenoxy) is 2. The number of rotatable bonds is 6. The van der Waals surface area contributed by atoms with Gasteiger partial charge in [-0.2, -0.15) is 0 Å². The van der Waals surface area contributed by atoms with Crippen molar-refractivity contribution in [2.45, 2.75) is 4.21 Å². The van der Waals surface area contributed by atoms with E-state index in [0.29, 0.717) is 15.8 Å². The normalized spacial score (nSPS) is 11.1. The number of carbonyl (C=O) groups excluding carboxylic acids is 1. The van der Waals surface area contributed by atoms with Gasteiger partial charge in [0.15, 0.2) is 11.5 Å². The van der Waals surface area contributed by atoms with Crippen LogP contribution < -0.4 is 19.7 Å². The fourth-order valence-electron chi connectivity index (χ4n) is 1.66. The van der Waals surface area contributed by atoms with Crippen molar-refractivity contribution >= 4 is 38.9 Å². The maximum Gasteiger partial charge on any atom is 0.266 e. The van der Waals surface area contributed by atoms with E-state index in [1.807, 2.05) is 4.83 Å². The molecule has 0 atom stereocenters. The van der Waals surface area contributed by atoms with Gasteiger partial charge in [-0.3, -0.25) is 10.2 Å². The summed E-state index contributed by atoms with van der Waals surface area (Å²) < 4.78 is 34.5. The number of sulfonamides is 1. The van der Waals surface area contributed by atoms with Gasteiger partial charge >= 0.3 is 0 Å². The summed E-state index contributed by atoms with van der Waals surface area (Å²) in [6, 6.07) is 7.26. The Morgan fingerprint density at radius 3 is 2.39 bits per heavy atom. The highest BCUT2D eigenvalue weighted by molar-refractivity contribution is 7.91. The zero-order chi connectivity index (χ0) is 17.0. The number of amides is 1. The van der Waals surface area contributed by atoms with Crippen LogP contribution in [0.3, 0.4) is 0 Å². The minimum absolute atomic E-state index is 0.00453. The summed E-state index contributed by atoms with van der Waals surface area (Å²) in [5.41, 5.74) is 2.33. The average molecular weight is 377 g/mol. The minimum Gasteiger partial charge on any atom is -0.493 e. The molecule has 0 aliphatic carbocycles. The van der Waals surface area contributed by atoms with Crippen LogP contribution in [0.25, 0.3) is 0 Å². The average Bonchev–Trinajstić information content (AvgIpc) is 2.99. The fourth-order valence-corrected chi connectivity index (χ4v) is 3.98. The first-order valence-electron chi connectivity index (χ1n) is 6.17. The second-order valence-corrected chi connectivity index (χ2v) is 7.81. The van der Waals surface area contributed by atoms with Crippen molar-refractivity contribution in [1.82, 2.24) is 10.3 Å². The van der Waals surface area contributed by atoms with E-state index in [1.54, 1.807) is 6.07 Å². The van der Waals surface area contributed by atoms with Gasteiger partial charge in [-0.25, -0.2) is 8.42 Å². The van der Waals surface area contributed by atoms with Gasteiger partial charge < -0.3 is 9.47 Å². The molecule has 0 radical (unpaired) electrons. The maximum absolute atomic E-state index is 12.0. The largest absolute Gasteiger partial charge is 0.493 e. The zero-order valence-electron chi connectivity index (χ0n) is 12.1. The molecule has 0 bridgehead atoms. The van der Waals surface area contributed by atoms with Gasteiger partial charge in [0.1, 0.15) is 4.21 Å². The lowest BCUT2D eigenvalue weighted by molar-refractivity contribution is 0.0944. The predicted octanol–water partition coefficient (Wildman–Crippen LogP) is 2.04. The smallest absolute Gasteiger partial charge is 0.266 e. The molecule has 2 aromatic rings. The summed E-state index contributed by atoms with van der Waals surface area (Å²) in [6.07, 6.45) is 0. The third-order valence-electron chi connectivity index (χ3n) is 2.76. The number of carbonyl (C=O) groups is 1. The van der Waals surface area contributed by atoms with Crippen molar-refractivity contribution in [2.24, 2.45) is 0 Å². The van der Waals surface area contributed by atoms with E-state index in [9.17, 15) is 13.2 Å². The second-order valence-electron chi connectivity index (χ2n) is 4.19. The molecule has 10 heteroatoms. The van der Waals surface area contributed by atoms with Gasteiger partial charge in [0.05, 0.1) is 18.6 Å². The monoisotopic (exact) mass is 376 g/mol. The van der Waals surface area contributed by atoms with Gasteiger partial charge in [-0.15, -0.1) is 16.2 Å². The molecule has 23 heavy (non-hydrogen) atoms. The Morgan fingerprint density at radius 1 is 1.13 bits per heavy atom. The van der Waals surface area contributed by atoms with Gasteiger partial charge in [-0.05, 0) is 30.3 Å². The molecule has 0 spiro atoms. The van der Waals surface area contributed by atoms with E-state index in [1.165, 1.54) is 38.5 Å². The van der Waals surface area contributed by atoms with E-state index < -0.39 is 15.9 Å². The molecule has 0 saturated heterocycles. The van der Waals surface area contributed by atoms with Crippen LogP contribution in [-0.2, 0) is 10.0 Å². The number of hydrogen-bond donors (Lipinski definition) is 2. The summed E-state index contributed by atoms with van der Waals surface area (Å²) in [6.45, 7) is 0. The van der Waals surface area contributed by atoms with Gasteiger partial charge in [0.2, 0.25) is 0 Å². The molecule has 0 aliphatic heterocycles. The summed E-state index contributed by atoms with van der Waals surface area (Å²) in [5.74, 6) is 0.170. The third-order valence-corrected chi connectivity index (χ3v) is 5.73. The quantitative estimate of drug-likeness (QED) is 0.752. The van der Waals surface area contributed by atoms with E-state index in [-0.39, 0.29) is 9.77 Å². The SMILES string of the molecule is COc1ccc(C(=O)NNS(=O)(=O)c2ccc(Cl)s2)cc1OC. The first-order chi connectivity index (χ1) is 10.9. The highest BCUT2D eigenvalue weighted by Gasteiger charge is 2.18. The zero-order valence-corrected chi connectivity index (χ0v) is 14.5. The predicted molar refractivity (Wildman–Crippen MR) is 86.7 cm³/mol. The Morgan fingerprint density at radius 2 is 1.83 bits per heavy atom. The Bertz CT molecular complexity index is 820. The van der Waals surface area contributed by atoms with E-state index in [2.05, 4.69) is 5.43 Å². The molecule has 2 N–H and O–H groups in total. The highest BCUT2D eigenvalue weighted by atomic mass is 35.5. The molecule has 1 heterocycles. The first kappa shape index (κ1) is 17.5. The Balaban J connectivity index is 2.10. The Hall–Kier alpha value is -1.81. The lowest BCUT2D eigenvalue weighted by Gasteiger charge is -2.10. The molecule has 0 fully saturated rings. The molecule has 2 rings (SSSR count). The number of hydrazine groups is 1. The topological polar surface area (TPSA) is 93.7 Å². The standard InChI is InChI=1S/C13H13ClN2O5S2/c1-20-9-4-3-8(7-10(9)21-2)13(17)15-16-23(18,19)12-6-5-11(14)22-12/h3-7,16H,1-2H3,(H,15,17). The lowest BCUT2D eigenvalue weighted by atomic mass is 10.2. The number of methoxy groups -OCH3 is 2. The van der Waals surface area contributed by atoms with Crippen molar-refractivity contribution in [3.05, 3.63) is 40.2 Å². The molecule has 1 aromatic heterocycles. The third kappa shape index (κ3) is 4.14. The van der Waals surface area contributed by atoms with Crippen molar-refractivity contribution in [1.29, 1.82) is 0 Å². The van der Waals surface area contributed by atoms with Gasteiger partial charge in [-0.1, -0.05) is 11.6 Å². The van der Waals surface area contributed by atoms with Crippen LogP contribution in [0.1, 0.15) is 10.4 Å². The lowest BCUT2D eigenvalue weighted by Crippen LogP contribution is -2.41. The molecular weight excluding hydrogens is 364 g/mol. The molecule has 1 aromatic carbocycles. The van der Waals surface area contributed by atoms with Crippen LogP contribution in [0.2, 0.25) is 4.34 Å². The van der Waals surface area contributed by atoms with Crippen molar-refractivity contribution < 1.29 is 22.7 Å². The summed E-state index contributed by atoms with van der Waals surface area (Å²) in [7, 11) is -0.971. The first-order valence-corrected chi connectivity index (χ1v) is 8.84. The summed E-state index contributed by atoms with van der Waals surface area (Å²) >= 11 is 6.58. The number of benzene rings is 1. The molecule has 1 amide bonds. The maximum atomic E-state index is 12.0. The minimum atomic E-state index is -3.87. The van der Waals surface area contributed by atoms with Gasteiger partial charge in [0.25, 0.3) is 15.9 Å². The van der Waals surface area contributed by atoms with Crippen LogP contribution in [0, 0.1) is 0 Å².